The van der Waals surface area contributed by atoms with Crippen LogP contribution in [-0.2, 0) is 18.9 Å². The van der Waals surface area contributed by atoms with E-state index in [2.05, 4.69) is 12.0 Å². The maximum atomic E-state index is 8.96. The molecule has 2 atom stereocenters. The van der Waals surface area contributed by atoms with Gasteiger partial charge in [0.1, 0.15) is 26.1 Å². The average Bonchev–Trinajstić information content (AvgIpc) is 2.34. The molecule has 0 aromatic carbocycles. The fourth-order valence-corrected chi connectivity index (χ4v) is 0.950. The van der Waals surface area contributed by atoms with Gasteiger partial charge in [0.25, 0.3) is 0 Å². The first-order valence-electron chi connectivity index (χ1n) is 6.32. The molecule has 0 aromatic heterocycles. The van der Waals surface area contributed by atoms with Crippen molar-refractivity contribution < 1.29 is 29.2 Å². The maximum Gasteiger partial charge on any atom is 0.148 e. The normalized spacial score (nSPS) is 13.5. The Hall–Kier alpha value is -0.840. The van der Waals surface area contributed by atoms with E-state index in [9.17, 15) is 0 Å². The summed E-state index contributed by atoms with van der Waals surface area (Å²) in [6, 6.07) is 0. The molecule has 0 radical (unpaired) electrons. The van der Waals surface area contributed by atoms with Crippen molar-refractivity contribution in [3.63, 3.8) is 0 Å². The van der Waals surface area contributed by atoms with Crippen molar-refractivity contribution in [3.8, 4) is 12.0 Å². The van der Waals surface area contributed by atoms with Crippen LogP contribution < -0.4 is 0 Å². The summed E-state index contributed by atoms with van der Waals surface area (Å²) in [7, 11) is 0. The van der Waals surface area contributed by atoms with E-state index in [4.69, 9.17) is 29.2 Å². The van der Waals surface area contributed by atoms with Crippen LogP contribution in [-0.4, -0.2) is 62.2 Å². The Morgan fingerprint density at radius 2 is 1.74 bits per heavy atom. The van der Waals surface area contributed by atoms with Gasteiger partial charge >= 0.3 is 0 Å². The first-order chi connectivity index (χ1) is 9.13. The molecule has 0 saturated carbocycles. The lowest BCUT2D eigenvalue weighted by Crippen LogP contribution is -2.12. The number of aliphatic hydroxyl groups is 2. The zero-order chi connectivity index (χ0) is 14.3. The SMILES string of the molecule is CC(O)CCOCOCC#COCCOCC(C)O. The highest BCUT2D eigenvalue weighted by Gasteiger charge is 1.95. The summed E-state index contributed by atoms with van der Waals surface area (Å²) in [6.45, 7) is 5.24. The number of rotatable bonds is 11. The zero-order valence-corrected chi connectivity index (χ0v) is 11.6. The summed E-state index contributed by atoms with van der Waals surface area (Å²) in [5.74, 6) is 2.66. The van der Waals surface area contributed by atoms with Crippen molar-refractivity contribution in [2.75, 3.05) is 39.8 Å². The molecule has 19 heavy (non-hydrogen) atoms. The molecule has 0 aliphatic heterocycles. The number of hydrogen-bond acceptors (Lipinski definition) is 6. The van der Waals surface area contributed by atoms with Crippen LogP contribution >= 0.6 is 0 Å². The van der Waals surface area contributed by atoms with Crippen LogP contribution in [0.2, 0.25) is 0 Å². The fraction of sp³-hybridized carbons (Fsp3) is 0.846. The molecule has 6 heteroatoms. The standard InChI is InChI=1S/C13H24O6/c1-12(14)4-7-19-11-18-6-3-5-16-8-9-17-10-13(2)15/h12-15H,4,6-11H2,1-2H3. The van der Waals surface area contributed by atoms with Crippen molar-refractivity contribution in [1.82, 2.24) is 0 Å². The van der Waals surface area contributed by atoms with Crippen LogP contribution in [0.15, 0.2) is 0 Å². The molecule has 0 aliphatic rings. The second-order valence-electron chi connectivity index (χ2n) is 4.06. The van der Waals surface area contributed by atoms with Crippen molar-refractivity contribution in [2.24, 2.45) is 0 Å². The molecule has 0 amide bonds. The Morgan fingerprint density at radius 3 is 2.42 bits per heavy atom. The largest absolute Gasteiger partial charge is 0.444 e. The van der Waals surface area contributed by atoms with Crippen molar-refractivity contribution in [3.05, 3.63) is 0 Å². The van der Waals surface area contributed by atoms with E-state index in [1.54, 1.807) is 13.8 Å². The third-order valence-corrected chi connectivity index (χ3v) is 1.85. The Morgan fingerprint density at radius 1 is 0.947 bits per heavy atom. The lowest BCUT2D eigenvalue weighted by atomic mass is 10.3. The molecule has 112 valence electrons. The molecule has 0 rings (SSSR count). The second kappa shape index (κ2) is 13.6. The monoisotopic (exact) mass is 276 g/mol. The van der Waals surface area contributed by atoms with Crippen LogP contribution in [0.4, 0.5) is 0 Å². The van der Waals surface area contributed by atoms with Crippen molar-refractivity contribution in [2.45, 2.75) is 32.5 Å². The quantitative estimate of drug-likeness (QED) is 0.317. The Bertz CT molecular complexity index is 243. The minimum absolute atomic E-state index is 0.152. The summed E-state index contributed by atoms with van der Waals surface area (Å²) < 4.78 is 20.2. The predicted octanol–water partition coefficient (Wildman–Crippen LogP) is 0.123. The Labute approximate surface area is 114 Å². The highest BCUT2D eigenvalue weighted by molar-refractivity contribution is 4.91. The van der Waals surface area contributed by atoms with Gasteiger partial charge in [0.2, 0.25) is 0 Å². The number of aliphatic hydroxyl groups excluding tert-OH is 2. The number of hydrogen-bond donors (Lipinski definition) is 2. The van der Waals surface area contributed by atoms with Gasteiger partial charge in [-0.2, -0.15) is 0 Å². The van der Waals surface area contributed by atoms with Gasteiger partial charge in [0, 0.05) is 0 Å². The predicted molar refractivity (Wildman–Crippen MR) is 69.3 cm³/mol. The maximum absolute atomic E-state index is 8.96. The fourth-order valence-electron chi connectivity index (χ4n) is 0.950. The number of ether oxygens (including phenoxy) is 4. The highest BCUT2D eigenvalue weighted by Crippen LogP contribution is 1.90. The molecular formula is C13H24O6. The van der Waals surface area contributed by atoms with E-state index in [0.29, 0.717) is 32.8 Å². The zero-order valence-electron chi connectivity index (χ0n) is 11.6. The molecule has 6 nitrogen and oxygen atoms in total. The van der Waals surface area contributed by atoms with Gasteiger partial charge in [-0.1, -0.05) is 0 Å². The highest BCUT2D eigenvalue weighted by atomic mass is 16.7. The molecule has 2 N–H and O–H groups in total. The first-order valence-corrected chi connectivity index (χ1v) is 6.32. The molecule has 0 aromatic rings. The third kappa shape index (κ3) is 17.2. The van der Waals surface area contributed by atoms with Gasteiger partial charge in [0.15, 0.2) is 0 Å². The van der Waals surface area contributed by atoms with Crippen LogP contribution in [0.5, 0.6) is 0 Å². The molecule has 0 bridgehead atoms. The summed E-state index contributed by atoms with van der Waals surface area (Å²) in [5, 5.41) is 17.9. The Kier molecular flexibility index (Phi) is 13.0. The van der Waals surface area contributed by atoms with Crippen molar-refractivity contribution >= 4 is 0 Å². The first kappa shape index (κ1) is 18.2. The molecule has 0 heterocycles. The van der Waals surface area contributed by atoms with E-state index in [1.807, 2.05) is 0 Å². The molecule has 0 aliphatic carbocycles. The Balaban J connectivity index is 3.14. The van der Waals surface area contributed by atoms with E-state index in [0.717, 1.165) is 0 Å². The van der Waals surface area contributed by atoms with Crippen LogP contribution in [0.25, 0.3) is 0 Å². The lowest BCUT2D eigenvalue weighted by Gasteiger charge is -2.05. The van der Waals surface area contributed by atoms with Crippen LogP contribution in [0.1, 0.15) is 20.3 Å². The van der Waals surface area contributed by atoms with E-state index in [1.165, 1.54) is 0 Å². The smallest absolute Gasteiger partial charge is 0.148 e. The van der Waals surface area contributed by atoms with Crippen LogP contribution in [0, 0.1) is 12.0 Å². The summed E-state index contributed by atoms with van der Waals surface area (Å²) in [6.07, 6.45) is 2.24. The van der Waals surface area contributed by atoms with Gasteiger partial charge in [-0.25, -0.2) is 0 Å². The van der Waals surface area contributed by atoms with Crippen LogP contribution in [0.3, 0.4) is 0 Å². The van der Waals surface area contributed by atoms with E-state index < -0.39 is 6.10 Å². The van der Waals surface area contributed by atoms with Gasteiger partial charge in [-0.15, -0.1) is 0 Å². The minimum atomic E-state index is -0.465. The summed E-state index contributed by atoms with van der Waals surface area (Å²) in [5.41, 5.74) is 0. The molecule has 0 spiro atoms. The molecule has 0 fully saturated rings. The second-order valence-corrected chi connectivity index (χ2v) is 4.06. The summed E-state index contributed by atoms with van der Waals surface area (Å²) in [4.78, 5) is 0. The molecule has 2 unspecified atom stereocenters. The topological polar surface area (TPSA) is 77.4 Å². The lowest BCUT2D eigenvalue weighted by molar-refractivity contribution is -0.0494. The molecular weight excluding hydrogens is 252 g/mol. The van der Waals surface area contributed by atoms with E-state index in [-0.39, 0.29) is 19.5 Å². The average molecular weight is 276 g/mol. The third-order valence-electron chi connectivity index (χ3n) is 1.85. The van der Waals surface area contributed by atoms with Gasteiger partial charge < -0.3 is 29.2 Å². The van der Waals surface area contributed by atoms with E-state index >= 15 is 0 Å². The van der Waals surface area contributed by atoms with Gasteiger partial charge in [-0.3, -0.25) is 0 Å². The van der Waals surface area contributed by atoms with Crippen molar-refractivity contribution in [1.29, 1.82) is 0 Å². The van der Waals surface area contributed by atoms with Gasteiger partial charge in [0.05, 0.1) is 32.0 Å². The van der Waals surface area contributed by atoms with Gasteiger partial charge in [-0.05, 0) is 26.2 Å². The minimum Gasteiger partial charge on any atom is -0.444 e. The molecule has 0 saturated heterocycles. The summed E-state index contributed by atoms with van der Waals surface area (Å²) >= 11 is 0.